The van der Waals surface area contributed by atoms with E-state index in [1.807, 2.05) is 13.8 Å². The molecule has 0 unspecified atom stereocenters. The Labute approximate surface area is 175 Å². The number of carbonyl (C=O) groups excluding carboxylic acids is 1. The first-order chi connectivity index (χ1) is 13.0. The second kappa shape index (κ2) is 9.49. The Morgan fingerprint density at radius 1 is 1.14 bits per heavy atom. The van der Waals surface area contributed by atoms with E-state index in [1.165, 1.54) is 0 Å². The molecule has 0 aliphatic heterocycles. The molecule has 0 saturated heterocycles. The number of rotatable bonds is 7. The zero-order valence-electron chi connectivity index (χ0n) is 15.8. The van der Waals surface area contributed by atoms with E-state index in [1.54, 1.807) is 47.4 Å². The lowest BCUT2D eigenvalue weighted by atomic mass is 10.1. The van der Waals surface area contributed by atoms with Crippen molar-refractivity contribution >= 4 is 45.0 Å². The van der Waals surface area contributed by atoms with Crippen molar-refractivity contribution in [1.82, 2.24) is 4.90 Å². The first kappa shape index (κ1) is 22.3. The molecule has 0 atom stereocenters. The van der Waals surface area contributed by atoms with E-state index in [-0.39, 0.29) is 17.7 Å². The van der Waals surface area contributed by atoms with E-state index in [4.69, 9.17) is 27.4 Å². The van der Waals surface area contributed by atoms with E-state index in [2.05, 4.69) is 5.32 Å². The van der Waals surface area contributed by atoms with Crippen molar-refractivity contribution < 1.29 is 17.4 Å². The summed E-state index contributed by atoms with van der Waals surface area (Å²) in [5.41, 5.74) is 1.31. The number of benzene rings is 2. The van der Waals surface area contributed by atoms with Crippen molar-refractivity contribution in [2.75, 3.05) is 18.1 Å². The normalized spacial score (nSPS) is 11.4. The second-order valence-corrected chi connectivity index (χ2v) is 9.18. The Kier molecular flexibility index (Phi) is 7.57. The van der Waals surface area contributed by atoms with Crippen LogP contribution in [0.3, 0.4) is 0 Å². The Morgan fingerprint density at radius 3 is 2.32 bits per heavy atom. The number of carbonyl (C=O) groups is 1. The summed E-state index contributed by atoms with van der Waals surface area (Å²) < 4.78 is 27.2. The molecule has 2 aromatic rings. The van der Waals surface area contributed by atoms with Crippen molar-refractivity contribution in [2.45, 2.75) is 20.4 Å². The van der Waals surface area contributed by atoms with Gasteiger partial charge in [0.25, 0.3) is 0 Å². The summed E-state index contributed by atoms with van der Waals surface area (Å²) in [4.78, 5) is 14.4. The van der Waals surface area contributed by atoms with Gasteiger partial charge in [0.05, 0.1) is 17.0 Å². The molecule has 0 bridgehead atoms. The number of amides is 2. The predicted octanol–water partition coefficient (Wildman–Crippen LogP) is 5.02. The van der Waals surface area contributed by atoms with Crippen LogP contribution < -0.4 is 9.50 Å². The van der Waals surface area contributed by atoms with E-state index in [0.29, 0.717) is 28.8 Å². The zero-order valence-corrected chi connectivity index (χ0v) is 18.1. The zero-order chi connectivity index (χ0) is 20.9. The molecule has 2 rings (SSSR count). The molecule has 2 amide bonds. The Bertz CT molecular complexity index is 931. The molecule has 0 radical (unpaired) electrons. The third-order valence-corrected chi connectivity index (χ3v) is 4.63. The standard InChI is InChI=1S/C19H22Cl2N2O4S/c1-13(2)11-23(19(24)22-18-9-6-15(20)10-17(18)21)12-14-4-7-16(8-5-14)27-28(3,25)26/h4-10,13H,11-12H2,1-3H3,(H,22,24). The minimum atomic E-state index is -3.58. The van der Waals surface area contributed by atoms with Gasteiger partial charge in [-0.15, -0.1) is 0 Å². The fourth-order valence-corrected chi connectivity index (χ4v) is 3.41. The molecule has 2 aromatic carbocycles. The number of hydrogen-bond donors (Lipinski definition) is 1. The number of urea groups is 1. The number of hydrogen-bond acceptors (Lipinski definition) is 4. The lowest BCUT2D eigenvalue weighted by Gasteiger charge is -2.25. The summed E-state index contributed by atoms with van der Waals surface area (Å²) in [6, 6.07) is 11.1. The number of nitrogens with one attached hydrogen (secondary N) is 1. The summed E-state index contributed by atoms with van der Waals surface area (Å²) in [5, 5.41) is 3.64. The average Bonchev–Trinajstić information content (AvgIpc) is 2.56. The molecule has 28 heavy (non-hydrogen) atoms. The highest BCUT2D eigenvalue weighted by Gasteiger charge is 2.17. The van der Waals surface area contributed by atoms with Gasteiger partial charge in [-0.2, -0.15) is 8.42 Å². The molecule has 1 N–H and O–H groups in total. The van der Waals surface area contributed by atoms with Gasteiger partial charge in [0.15, 0.2) is 0 Å². The summed E-state index contributed by atoms with van der Waals surface area (Å²) in [5.74, 6) is 0.471. The van der Waals surface area contributed by atoms with Crippen LogP contribution in [0.2, 0.25) is 10.0 Å². The molecule has 0 aliphatic rings. The Balaban J connectivity index is 2.13. The predicted molar refractivity (Wildman–Crippen MR) is 113 cm³/mol. The van der Waals surface area contributed by atoms with Crippen molar-refractivity contribution in [3.63, 3.8) is 0 Å². The molecule has 0 saturated carbocycles. The summed E-state index contributed by atoms with van der Waals surface area (Å²) in [6.45, 7) is 4.89. The molecule has 0 spiro atoms. The molecule has 0 fully saturated rings. The van der Waals surface area contributed by atoms with Gasteiger partial charge in [-0.3, -0.25) is 0 Å². The minimum absolute atomic E-state index is 0.221. The topological polar surface area (TPSA) is 75.7 Å². The van der Waals surface area contributed by atoms with Crippen molar-refractivity contribution in [3.05, 3.63) is 58.1 Å². The van der Waals surface area contributed by atoms with Crippen molar-refractivity contribution in [1.29, 1.82) is 0 Å². The van der Waals surface area contributed by atoms with Gasteiger partial charge in [-0.25, -0.2) is 4.79 Å². The number of anilines is 1. The van der Waals surface area contributed by atoms with Gasteiger partial charge < -0.3 is 14.4 Å². The smallest absolute Gasteiger partial charge is 0.322 e. The van der Waals surface area contributed by atoms with Crippen LogP contribution in [0.5, 0.6) is 5.75 Å². The van der Waals surface area contributed by atoms with Gasteiger partial charge in [-0.1, -0.05) is 49.2 Å². The quantitative estimate of drug-likeness (QED) is 0.607. The molecule has 0 aliphatic carbocycles. The lowest BCUT2D eigenvalue weighted by molar-refractivity contribution is 0.201. The van der Waals surface area contributed by atoms with Crippen LogP contribution in [0.25, 0.3) is 0 Å². The highest BCUT2D eigenvalue weighted by molar-refractivity contribution is 7.86. The third-order valence-electron chi connectivity index (χ3n) is 3.59. The highest BCUT2D eigenvalue weighted by Crippen LogP contribution is 2.26. The van der Waals surface area contributed by atoms with Gasteiger partial charge in [0.1, 0.15) is 5.75 Å². The Hall–Kier alpha value is -1.96. The first-order valence-electron chi connectivity index (χ1n) is 8.53. The SMILES string of the molecule is CC(C)CN(Cc1ccc(OS(C)(=O)=O)cc1)C(=O)Nc1ccc(Cl)cc1Cl. The van der Waals surface area contributed by atoms with Gasteiger partial charge in [0, 0.05) is 18.1 Å². The molecule has 0 heterocycles. The molecule has 6 nitrogen and oxygen atoms in total. The molecular weight excluding hydrogens is 423 g/mol. The molecule has 152 valence electrons. The van der Waals surface area contributed by atoms with Crippen LogP contribution in [0.4, 0.5) is 10.5 Å². The minimum Gasteiger partial charge on any atom is -0.383 e. The molecule has 9 heteroatoms. The summed E-state index contributed by atoms with van der Waals surface area (Å²) >= 11 is 12.0. The average molecular weight is 445 g/mol. The van der Waals surface area contributed by atoms with Crippen LogP contribution in [0, 0.1) is 5.92 Å². The van der Waals surface area contributed by atoms with Crippen molar-refractivity contribution in [2.24, 2.45) is 5.92 Å². The summed E-state index contributed by atoms with van der Waals surface area (Å²) in [6.07, 6.45) is 0.984. The van der Waals surface area contributed by atoms with E-state index < -0.39 is 10.1 Å². The van der Waals surface area contributed by atoms with Gasteiger partial charge in [0.2, 0.25) is 0 Å². The largest absolute Gasteiger partial charge is 0.383 e. The van der Waals surface area contributed by atoms with Gasteiger partial charge >= 0.3 is 16.1 Å². The third kappa shape index (κ3) is 7.22. The molecular formula is C19H22Cl2N2O4S. The maximum Gasteiger partial charge on any atom is 0.322 e. The maximum atomic E-state index is 12.8. The first-order valence-corrected chi connectivity index (χ1v) is 11.1. The van der Waals surface area contributed by atoms with Gasteiger partial charge in [-0.05, 0) is 41.8 Å². The highest BCUT2D eigenvalue weighted by atomic mass is 35.5. The van der Waals surface area contributed by atoms with Crippen LogP contribution >= 0.6 is 23.2 Å². The monoisotopic (exact) mass is 444 g/mol. The number of nitrogens with zero attached hydrogens (tertiary/aromatic N) is 1. The van der Waals surface area contributed by atoms with Crippen molar-refractivity contribution in [3.8, 4) is 5.75 Å². The lowest BCUT2D eigenvalue weighted by Crippen LogP contribution is -2.37. The van der Waals surface area contributed by atoms with Crippen LogP contribution in [0.15, 0.2) is 42.5 Å². The maximum absolute atomic E-state index is 12.8. The van der Waals surface area contributed by atoms with Crippen LogP contribution in [-0.4, -0.2) is 32.1 Å². The number of halogens is 2. The fourth-order valence-electron chi connectivity index (χ4n) is 2.49. The van der Waals surface area contributed by atoms with E-state index >= 15 is 0 Å². The van der Waals surface area contributed by atoms with E-state index in [0.717, 1.165) is 11.8 Å². The fraction of sp³-hybridized carbons (Fsp3) is 0.316. The summed E-state index contributed by atoms with van der Waals surface area (Å²) in [7, 11) is -3.58. The van der Waals surface area contributed by atoms with Crippen LogP contribution in [-0.2, 0) is 16.7 Å². The molecule has 0 aromatic heterocycles. The van der Waals surface area contributed by atoms with Crippen LogP contribution in [0.1, 0.15) is 19.4 Å². The Morgan fingerprint density at radius 2 is 1.79 bits per heavy atom. The van der Waals surface area contributed by atoms with E-state index in [9.17, 15) is 13.2 Å². The second-order valence-electron chi connectivity index (χ2n) is 6.76.